The average Bonchev–Trinajstić information content (AvgIpc) is 2.38. The van der Waals surface area contributed by atoms with Crippen molar-refractivity contribution in [3.05, 3.63) is 0 Å². The SMILES string of the molecule is N#CP(=O)(O)F.N#CP(=O)(O)F.N#CP(=O)(O)F.O=C(O)C(=O)O. The molecule has 24 heavy (non-hydrogen) atoms. The zero-order valence-corrected chi connectivity index (χ0v) is 13.3. The summed E-state index contributed by atoms with van der Waals surface area (Å²) in [4.78, 5) is 40.3. The minimum atomic E-state index is -4.84. The zero-order valence-electron chi connectivity index (χ0n) is 10.6. The number of aliphatic carboxylic acids is 2. The molecule has 0 rings (SSSR count). The Labute approximate surface area is 130 Å². The Bertz CT molecular complexity index is 599. The monoisotopic (exact) mass is 417 g/mol. The molecule has 0 radical (unpaired) electrons. The van der Waals surface area contributed by atoms with Gasteiger partial charge in [0.25, 0.3) is 0 Å². The maximum atomic E-state index is 10.9. The minimum absolute atomic E-state index is 0.549. The molecule has 0 aliphatic carbocycles. The molecule has 0 spiro atoms. The van der Waals surface area contributed by atoms with E-state index in [1.54, 1.807) is 0 Å². The summed E-state index contributed by atoms with van der Waals surface area (Å²) in [6.45, 7) is 0. The lowest BCUT2D eigenvalue weighted by molar-refractivity contribution is -0.159. The van der Waals surface area contributed by atoms with Crippen LogP contribution in [-0.4, -0.2) is 36.8 Å². The highest BCUT2D eigenvalue weighted by molar-refractivity contribution is 7.58. The maximum Gasteiger partial charge on any atom is 0.465 e. The van der Waals surface area contributed by atoms with E-state index in [0.717, 1.165) is 0 Å². The first-order valence-electron chi connectivity index (χ1n) is 4.10. The molecule has 0 aliphatic rings. The molecule has 0 aliphatic heterocycles. The van der Waals surface area contributed by atoms with Crippen LogP contribution in [0.25, 0.3) is 0 Å². The molecular formula is C5H5F3N3O10P3. The molecule has 0 heterocycles. The van der Waals surface area contributed by atoms with Crippen LogP contribution < -0.4 is 0 Å². The molecule has 0 aromatic carbocycles. The van der Waals surface area contributed by atoms with Gasteiger partial charge in [0.1, 0.15) is 0 Å². The Balaban J connectivity index is -0.000000111. The first kappa shape index (κ1) is 29.7. The van der Waals surface area contributed by atoms with Gasteiger partial charge < -0.3 is 24.9 Å². The van der Waals surface area contributed by atoms with Gasteiger partial charge in [-0.15, -0.1) is 12.6 Å². The van der Waals surface area contributed by atoms with Crippen LogP contribution in [0.15, 0.2) is 0 Å². The van der Waals surface area contributed by atoms with Crippen molar-refractivity contribution in [3.63, 3.8) is 0 Å². The smallest absolute Gasteiger partial charge is 0.465 e. The first-order chi connectivity index (χ1) is 10.3. The molecule has 3 atom stereocenters. The van der Waals surface area contributed by atoms with Crippen molar-refractivity contribution in [2.75, 3.05) is 0 Å². The molecule has 19 heteroatoms. The van der Waals surface area contributed by atoms with Crippen LogP contribution in [0.2, 0.25) is 0 Å². The number of nitrogens with zero attached hydrogens (tertiary/aromatic N) is 3. The van der Waals surface area contributed by atoms with E-state index in [1.807, 2.05) is 0 Å². The molecule has 3 unspecified atom stereocenters. The highest BCUT2D eigenvalue weighted by atomic mass is 31.2. The standard InChI is InChI=1S/C2H2O4.3CHFNO2P/c3-1(4)2(5)6;3*2-6(4,5)1-3/h(H,3,4)(H,5,6);3*(H,4,5). The van der Waals surface area contributed by atoms with Crippen LogP contribution in [0, 0.1) is 33.2 Å². The topological polar surface area (TPSA) is 258 Å². The van der Waals surface area contributed by atoms with Gasteiger partial charge in [-0.05, 0) is 0 Å². The van der Waals surface area contributed by atoms with Crippen molar-refractivity contribution < 1.29 is 60.8 Å². The second kappa shape index (κ2) is 13.2. The van der Waals surface area contributed by atoms with E-state index in [-0.39, 0.29) is 0 Å². The highest BCUT2D eigenvalue weighted by Crippen LogP contribution is 2.40. The Hall–Kier alpha value is -2.23. The van der Waals surface area contributed by atoms with E-state index in [9.17, 15) is 12.6 Å². The van der Waals surface area contributed by atoms with Gasteiger partial charge in [0.2, 0.25) is 0 Å². The summed E-state index contributed by atoms with van der Waals surface area (Å²) < 4.78 is 59.9. The Morgan fingerprint density at radius 2 is 0.750 bits per heavy atom. The van der Waals surface area contributed by atoms with Crippen LogP contribution in [0.1, 0.15) is 0 Å². The van der Waals surface area contributed by atoms with Crippen molar-refractivity contribution >= 4 is 35.0 Å². The molecule has 0 amide bonds. The van der Waals surface area contributed by atoms with Crippen molar-refractivity contribution in [1.82, 2.24) is 0 Å². The fraction of sp³-hybridized carbons (Fsp3) is 0. The van der Waals surface area contributed by atoms with Crippen molar-refractivity contribution in [2.45, 2.75) is 0 Å². The summed E-state index contributed by atoms with van der Waals surface area (Å²) in [5, 5.41) is 36.6. The predicted octanol–water partition coefficient (Wildman–Crippen LogP) is 1.02. The van der Waals surface area contributed by atoms with Crippen molar-refractivity contribution in [2.24, 2.45) is 0 Å². The second-order valence-corrected chi connectivity index (χ2v) is 6.03. The summed E-state index contributed by atoms with van der Waals surface area (Å²) in [5.41, 5.74) is 0. The zero-order chi connectivity index (χ0) is 20.8. The van der Waals surface area contributed by atoms with Gasteiger partial charge in [0, 0.05) is 0 Å². The van der Waals surface area contributed by atoms with Gasteiger partial charge in [-0.3, -0.25) is 0 Å². The summed E-state index contributed by atoms with van der Waals surface area (Å²) in [7, 11) is -14.5. The molecule has 0 saturated heterocycles. The quantitative estimate of drug-likeness (QED) is 0.273. The number of hydrogen-bond donors (Lipinski definition) is 5. The molecule has 0 fully saturated rings. The van der Waals surface area contributed by atoms with E-state index in [0.29, 0.717) is 17.4 Å². The molecule has 0 saturated carbocycles. The van der Waals surface area contributed by atoms with Crippen LogP contribution >= 0.6 is 23.0 Å². The Morgan fingerprint density at radius 3 is 0.750 bits per heavy atom. The molecule has 13 nitrogen and oxygen atoms in total. The molecular weight excluding hydrogens is 412 g/mol. The van der Waals surface area contributed by atoms with E-state index in [1.165, 1.54) is 0 Å². The van der Waals surface area contributed by atoms with Crippen molar-refractivity contribution in [1.29, 1.82) is 15.8 Å². The summed E-state index contributed by atoms with van der Waals surface area (Å²) in [6, 6.07) is 0. The molecule has 5 N–H and O–H groups in total. The number of carbonyl (C=O) groups is 2. The normalized spacial score (nSPS) is 15.5. The van der Waals surface area contributed by atoms with Crippen LogP contribution in [0.4, 0.5) is 12.6 Å². The minimum Gasteiger partial charge on any atom is -0.473 e. The summed E-state index contributed by atoms with van der Waals surface area (Å²) in [5.74, 6) is -2.00. The van der Waals surface area contributed by atoms with Crippen molar-refractivity contribution in [3.8, 4) is 17.4 Å². The average molecular weight is 417 g/mol. The highest BCUT2D eigenvalue weighted by Gasteiger charge is 2.11. The van der Waals surface area contributed by atoms with Gasteiger partial charge >= 0.3 is 35.0 Å². The number of carboxylic acids is 2. The molecule has 0 aromatic rings. The number of carboxylic acid groups (broad SMARTS) is 2. The summed E-state index contributed by atoms with van der Waals surface area (Å²) in [6.07, 6.45) is 0. The van der Waals surface area contributed by atoms with E-state index >= 15 is 0 Å². The number of nitriles is 3. The predicted molar refractivity (Wildman–Crippen MR) is 64.9 cm³/mol. The molecule has 136 valence electrons. The number of halogens is 3. The van der Waals surface area contributed by atoms with E-state index in [4.69, 9.17) is 64.0 Å². The van der Waals surface area contributed by atoms with Gasteiger partial charge in [0.15, 0.2) is 17.4 Å². The van der Waals surface area contributed by atoms with E-state index in [2.05, 4.69) is 0 Å². The Kier molecular flexibility index (Phi) is 16.4. The van der Waals surface area contributed by atoms with Crippen LogP contribution in [-0.2, 0) is 23.3 Å². The third kappa shape index (κ3) is 60.0. The third-order valence-electron chi connectivity index (χ3n) is 0.553. The van der Waals surface area contributed by atoms with Gasteiger partial charge in [-0.25, -0.2) is 23.3 Å². The number of hydrogen-bond acceptors (Lipinski definition) is 8. The van der Waals surface area contributed by atoms with Crippen LogP contribution in [0.3, 0.4) is 0 Å². The van der Waals surface area contributed by atoms with Gasteiger partial charge in [-0.1, -0.05) is 0 Å². The summed E-state index contributed by atoms with van der Waals surface area (Å²) >= 11 is 0. The Morgan fingerprint density at radius 1 is 0.667 bits per heavy atom. The lowest BCUT2D eigenvalue weighted by Crippen LogP contribution is -2.09. The number of rotatable bonds is 0. The van der Waals surface area contributed by atoms with Gasteiger partial charge in [-0.2, -0.15) is 15.8 Å². The molecule has 0 bridgehead atoms. The fourth-order valence-corrected chi connectivity index (χ4v) is 0. The lowest BCUT2D eigenvalue weighted by atomic mass is 10.7. The van der Waals surface area contributed by atoms with Crippen LogP contribution in [0.5, 0.6) is 0 Å². The second-order valence-electron chi connectivity index (χ2n) is 2.42. The third-order valence-corrected chi connectivity index (χ3v) is 1.29. The van der Waals surface area contributed by atoms with E-state index < -0.39 is 35.0 Å². The lowest BCUT2D eigenvalue weighted by Gasteiger charge is -1.75. The molecule has 0 aromatic heterocycles. The van der Waals surface area contributed by atoms with Gasteiger partial charge in [0.05, 0.1) is 0 Å². The maximum absolute atomic E-state index is 10.9. The first-order valence-corrected chi connectivity index (χ1v) is 8.75. The fourth-order valence-electron chi connectivity index (χ4n) is 0. The largest absolute Gasteiger partial charge is 0.473 e.